The molecular weight excluding hydrogens is 288 g/mol. The van der Waals surface area contributed by atoms with Crippen LogP contribution in [0.1, 0.15) is 23.1 Å². The Morgan fingerprint density at radius 2 is 1.61 bits per heavy atom. The van der Waals surface area contributed by atoms with Gasteiger partial charge in [0, 0.05) is 5.69 Å². The number of hydrogen-bond acceptors (Lipinski definition) is 3. The Kier molecular flexibility index (Phi) is 3.90. The minimum Gasteiger partial charge on any atom is -0.373 e. The first-order chi connectivity index (χ1) is 11.0. The summed E-state index contributed by atoms with van der Waals surface area (Å²) >= 11 is 0. The van der Waals surface area contributed by atoms with Gasteiger partial charge in [-0.25, -0.2) is 4.90 Å². The number of rotatable bonds is 3. The smallest absolute Gasteiger partial charge is 0.256 e. The molecule has 118 valence electrons. The van der Waals surface area contributed by atoms with Crippen LogP contribution in [0.3, 0.4) is 0 Å². The van der Waals surface area contributed by atoms with Gasteiger partial charge in [-0.05, 0) is 44.0 Å². The molecule has 2 aromatic rings. The third-order valence-corrected chi connectivity index (χ3v) is 4.12. The summed E-state index contributed by atoms with van der Waals surface area (Å²) in [7, 11) is 0. The van der Waals surface area contributed by atoms with Crippen LogP contribution in [0.25, 0.3) is 0 Å². The highest BCUT2D eigenvalue weighted by atomic mass is 16.2. The van der Waals surface area contributed by atoms with E-state index < -0.39 is 6.04 Å². The van der Waals surface area contributed by atoms with Crippen LogP contribution < -0.4 is 10.2 Å². The standard InChI is InChI=1S/C19H20N2O2/c1-12-9-13(2)18(14(3)10-12)21-17(22)11-16(19(21)23)20-15-7-5-4-6-8-15/h4-10,16,20H,11H2,1-3H3/t16-/m0/s1. The number of carbonyl (C=O) groups excluding carboxylic acids is 2. The van der Waals surface area contributed by atoms with E-state index in [9.17, 15) is 9.59 Å². The van der Waals surface area contributed by atoms with Gasteiger partial charge in [-0.1, -0.05) is 35.9 Å². The molecule has 3 rings (SSSR count). The van der Waals surface area contributed by atoms with E-state index in [1.165, 1.54) is 4.90 Å². The topological polar surface area (TPSA) is 49.4 Å². The molecular formula is C19H20N2O2. The van der Waals surface area contributed by atoms with Gasteiger partial charge in [-0.2, -0.15) is 0 Å². The predicted molar refractivity (Wildman–Crippen MR) is 91.6 cm³/mol. The Morgan fingerprint density at radius 1 is 1.00 bits per heavy atom. The van der Waals surface area contributed by atoms with E-state index in [2.05, 4.69) is 5.32 Å². The molecule has 0 aromatic heterocycles. The molecule has 0 aliphatic carbocycles. The van der Waals surface area contributed by atoms with Crippen molar-refractivity contribution in [2.45, 2.75) is 33.2 Å². The average Bonchev–Trinajstić information content (AvgIpc) is 2.75. The summed E-state index contributed by atoms with van der Waals surface area (Å²) in [4.78, 5) is 26.5. The molecule has 1 aliphatic rings. The zero-order valence-electron chi connectivity index (χ0n) is 13.6. The SMILES string of the molecule is Cc1cc(C)c(N2C(=O)C[C@H](Nc3ccccc3)C2=O)c(C)c1. The highest BCUT2D eigenvalue weighted by molar-refractivity contribution is 6.23. The summed E-state index contributed by atoms with van der Waals surface area (Å²) < 4.78 is 0. The molecule has 1 atom stereocenters. The first-order valence-corrected chi connectivity index (χ1v) is 7.73. The summed E-state index contributed by atoms with van der Waals surface area (Å²) in [5.74, 6) is -0.340. The van der Waals surface area contributed by atoms with Crippen LogP contribution >= 0.6 is 0 Å². The fourth-order valence-corrected chi connectivity index (χ4v) is 3.24. The largest absolute Gasteiger partial charge is 0.373 e. The number of carbonyl (C=O) groups is 2. The molecule has 23 heavy (non-hydrogen) atoms. The van der Waals surface area contributed by atoms with Crippen LogP contribution in [-0.4, -0.2) is 17.9 Å². The summed E-state index contributed by atoms with van der Waals surface area (Å²) in [6.45, 7) is 5.89. The number of nitrogens with one attached hydrogen (secondary N) is 1. The van der Waals surface area contributed by atoms with Gasteiger partial charge in [0.15, 0.2) is 0 Å². The molecule has 1 N–H and O–H groups in total. The van der Waals surface area contributed by atoms with E-state index in [4.69, 9.17) is 0 Å². The second-order valence-electron chi connectivity index (χ2n) is 6.08. The molecule has 2 amide bonds. The number of nitrogens with zero attached hydrogens (tertiary/aromatic N) is 1. The Morgan fingerprint density at radius 3 is 2.22 bits per heavy atom. The van der Waals surface area contributed by atoms with Crippen molar-refractivity contribution in [1.29, 1.82) is 0 Å². The minimum atomic E-state index is -0.509. The van der Waals surface area contributed by atoms with Crippen LogP contribution in [0.4, 0.5) is 11.4 Å². The van der Waals surface area contributed by atoms with E-state index in [0.717, 1.165) is 28.1 Å². The number of hydrogen-bond donors (Lipinski definition) is 1. The van der Waals surface area contributed by atoms with Crippen LogP contribution in [0.15, 0.2) is 42.5 Å². The van der Waals surface area contributed by atoms with Gasteiger partial charge in [0.1, 0.15) is 6.04 Å². The maximum absolute atomic E-state index is 12.8. The lowest BCUT2D eigenvalue weighted by Gasteiger charge is -2.21. The maximum atomic E-state index is 12.8. The molecule has 0 spiro atoms. The molecule has 1 aliphatic heterocycles. The molecule has 1 fully saturated rings. The number of benzene rings is 2. The summed E-state index contributed by atoms with van der Waals surface area (Å²) in [5.41, 5.74) is 4.59. The maximum Gasteiger partial charge on any atom is 0.256 e. The van der Waals surface area contributed by atoms with E-state index in [1.807, 2.05) is 63.2 Å². The van der Waals surface area contributed by atoms with Crippen molar-refractivity contribution in [3.8, 4) is 0 Å². The molecule has 4 nitrogen and oxygen atoms in total. The lowest BCUT2D eigenvalue weighted by Crippen LogP contribution is -2.35. The number of para-hydroxylation sites is 1. The van der Waals surface area contributed by atoms with Crippen LogP contribution in [0.5, 0.6) is 0 Å². The van der Waals surface area contributed by atoms with Gasteiger partial charge in [-0.3, -0.25) is 9.59 Å². The van der Waals surface area contributed by atoms with Crippen molar-refractivity contribution >= 4 is 23.2 Å². The monoisotopic (exact) mass is 308 g/mol. The van der Waals surface area contributed by atoms with Crippen LogP contribution in [0, 0.1) is 20.8 Å². The molecule has 0 radical (unpaired) electrons. The first kappa shape index (κ1) is 15.3. The quantitative estimate of drug-likeness (QED) is 0.885. The highest BCUT2D eigenvalue weighted by Crippen LogP contribution is 2.31. The second-order valence-corrected chi connectivity index (χ2v) is 6.08. The average molecular weight is 308 g/mol. The Bertz CT molecular complexity index is 745. The summed E-state index contributed by atoms with van der Waals surface area (Å²) in [6, 6.07) is 13.0. The van der Waals surface area contributed by atoms with E-state index in [1.54, 1.807) is 0 Å². The predicted octanol–water partition coefficient (Wildman–Crippen LogP) is 3.36. The zero-order valence-corrected chi connectivity index (χ0v) is 13.6. The number of imide groups is 1. The number of aryl methyl sites for hydroxylation is 3. The van der Waals surface area contributed by atoms with Crippen molar-refractivity contribution in [1.82, 2.24) is 0 Å². The molecule has 1 saturated heterocycles. The van der Waals surface area contributed by atoms with Gasteiger partial charge in [-0.15, -0.1) is 0 Å². The van der Waals surface area contributed by atoms with Gasteiger partial charge in [0.2, 0.25) is 5.91 Å². The third kappa shape index (κ3) is 2.84. The van der Waals surface area contributed by atoms with Crippen molar-refractivity contribution < 1.29 is 9.59 Å². The lowest BCUT2D eigenvalue weighted by molar-refractivity contribution is -0.121. The van der Waals surface area contributed by atoms with Crippen molar-refractivity contribution in [2.75, 3.05) is 10.2 Å². The highest BCUT2D eigenvalue weighted by Gasteiger charge is 2.40. The van der Waals surface area contributed by atoms with Crippen molar-refractivity contribution in [3.63, 3.8) is 0 Å². The molecule has 0 unspecified atom stereocenters. The van der Waals surface area contributed by atoms with Crippen molar-refractivity contribution in [3.05, 3.63) is 59.2 Å². The Hall–Kier alpha value is -2.62. The van der Waals surface area contributed by atoms with E-state index in [-0.39, 0.29) is 18.2 Å². The minimum absolute atomic E-state index is 0.154. The van der Waals surface area contributed by atoms with E-state index >= 15 is 0 Å². The normalized spacial score (nSPS) is 17.7. The second kappa shape index (κ2) is 5.88. The Balaban J connectivity index is 1.91. The fourth-order valence-electron chi connectivity index (χ4n) is 3.24. The van der Waals surface area contributed by atoms with Gasteiger partial charge in [0.05, 0.1) is 12.1 Å². The lowest BCUT2D eigenvalue weighted by atomic mass is 10.0. The number of amides is 2. The summed E-state index contributed by atoms with van der Waals surface area (Å²) in [5, 5.41) is 3.16. The molecule has 4 heteroatoms. The number of anilines is 2. The zero-order chi connectivity index (χ0) is 16.6. The molecule has 1 heterocycles. The van der Waals surface area contributed by atoms with Gasteiger partial charge >= 0.3 is 0 Å². The van der Waals surface area contributed by atoms with Gasteiger partial charge in [0.25, 0.3) is 5.91 Å². The molecule has 2 aromatic carbocycles. The van der Waals surface area contributed by atoms with Crippen molar-refractivity contribution in [2.24, 2.45) is 0 Å². The molecule has 0 bridgehead atoms. The first-order valence-electron chi connectivity index (χ1n) is 7.73. The molecule has 0 saturated carbocycles. The fraction of sp³-hybridized carbons (Fsp3) is 0.263. The van der Waals surface area contributed by atoms with Crippen LogP contribution in [-0.2, 0) is 9.59 Å². The van der Waals surface area contributed by atoms with E-state index in [0.29, 0.717) is 0 Å². The third-order valence-electron chi connectivity index (χ3n) is 4.12. The van der Waals surface area contributed by atoms with Gasteiger partial charge < -0.3 is 5.32 Å². The Labute approximate surface area is 136 Å². The van der Waals surface area contributed by atoms with Crippen LogP contribution in [0.2, 0.25) is 0 Å². The summed E-state index contributed by atoms with van der Waals surface area (Å²) in [6.07, 6.45) is 0.181.